The summed E-state index contributed by atoms with van der Waals surface area (Å²) < 4.78 is 0. The van der Waals surface area contributed by atoms with Crippen LogP contribution in [0, 0.1) is 20.2 Å². The zero-order valence-electron chi connectivity index (χ0n) is 12.0. The summed E-state index contributed by atoms with van der Waals surface area (Å²) in [5, 5.41) is 21.0. The first kappa shape index (κ1) is 18.0. The third-order valence-corrected chi connectivity index (χ3v) is 4.75. The number of nitro groups is 2. The van der Waals surface area contributed by atoms with E-state index in [1.807, 2.05) is 13.8 Å². The molecule has 0 aliphatic heterocycles. The van der Waals surface area contributed by atoms with Crippen molar-refractivity contribution in [1.29, 1.82) is 0 Å². The largest absolute Gasteiger partial charge is 0.269 e. The Morgan fingerprint density at radius 1 is 0.682 bits per heavy atom. The van der Waals surface area contributed by atoms with Crippen LogP contribution in [0.3, 0.4) is 0 Å². The molecule has 8 heteroatoms. The van der Waals surface area contributed by atoms with Gasteiger partial charge in [-0.05, 0) is 24.3 Å². The third-order valence-electron chi connectivity index (χ3n) is 2.33. The van der Waals surface area contributed by atoms with E-state index in [0.717, 1.165) is 9.79 Å². The second kappa shape index (κ2) is 9.06. The fourth-order valence-electron chi connectivity index (χ4n) is 1.34. The van der Waals surface area contributed by atoms with Crippen LogP contribution in [-0.2, 0) is 0 Å². The standard InChI is InChI=1S/C12H8N2O4S2.C2H6/c15-13(16)9-1-5-11(6-2-9)19-20-12-7-3-10(4-8-12)14(17)18;1-2/h1-8H;1-2H3. The molecule has 0 saturated carbocycles. The highest BCUT2D eigenvalue weighted by molar-refractivity contribution is 8.76. The van der Waals surface area contributed by atoms with Crippen LogP contribution in [0.25, 0.3) is 0 Å². The molecule has 0 atom stereocenters. The summed E-state index contributed by atoms with van der Waals surface area (Å²) in [7, 11) is 2.86. The van der Waals surface area contributed by atoms with Crippen molar-refractivity contribution in [3.8, 4) is 0 Å². The van der Waals surface area contributed by atoms with E-state index >= 15 is 0 Å². The van der Waals surface area contributed by atoms with E-state index < -0.39 is 9.85 Å². The van der Waals surface area contributed by atoms with Crippen molar-refractivity contribution in [2.45, 2.75) is 23.6 Å². The summed E-state index contributed by atoms with van der Waals surface area (Å²) in [5.41, 5.74) is 0.101. The van der Waals surface area contributed by atoms with Crippen molar-refractivity contribution in [2.75, 3.05) is 0 Å². The van der Waals surface area contributed by atoms with Gasteiger partial charge in [0.05, 0.1) is 9.85 Å². The van der Waals surface area contributed by atoms with E-state index in [9.17, 15) is 20.2 Å². The highest BCUT2D eigenvalue weighted by Gasteiger charge is 2.06. The van der Waals surface area contributed by atoms with Gasteiger partial charge in [-0.15, -0.1) is 0 Å². The highest BCUT2D eigenvalue weighted by Crippen LogP contribution is 2.38. The van der Waals surface area contributed by atoms with Crippen molar-refractivity contribution < 1.29 is 9.85 Å². The van der Waals surface area contributed by atoms with Crippen LogP contribution in [0.4, 0.5) is 11.4 Å². The molecular weight excluding hydrogens is 324 g/mol. The summed E-state index contributed by atoms with van der Waals surface area (Å²) in [5.74, 6) is 0. The van der Waals surface area contributed by atoms with Gasteiger partial charge >= 0.3 is 0 Å². The molecule has 0 aromatic heterocycles. The first-order valence-electron chi connectivity index (χ1n) is 6.40. The molecule has 0 saturated heterocycles. The van der Waals surface area contributed by atoms with Crippen molar-refractivity contribution in [3.63, 3.8) is 0 Å². The molecule has 6 nitrogen and oxygen atoms in total. The zero-order chi connectivity index (χ0) is 16.5. The summed E-state index contributed by atoms with van der Waals surface area (Å²) in [6, 6.07) is 12.4. The molecule has 0 aliphatic rings. The molecule has 2 aromatic rings. The minimum atomic E-state index is -0.447. The summed E-state index contributed by atoms with van der Waals surface area (Å²) in [6.07, 6.45) is 0. The molecule has 116 valence electrons. The van der Waals surface area contributed by atoms with E-state index in [-0.39, 0.29) is 11.4 Å². The minimum absolute atomic E-state index is 0.0506. The van der Waals surface area contributed by atoms with Crippen LogP contribution in [0.5, 0.6) is 0 Å². The van der Waals surface area contributed by atoms with E-state index in [0.29, 0.717) is 0 Å². The Balaban J connectivity index is 0.00000116. The van der Waals surface area contributed by atoms with Crippen molar-refractivity contribution in [3.05, 3.63) is 68.8 Å². The van der Waals surface area contributed by atoms with E-state index in [1.165, 1.54) is 45.9 Å². The Bertz CT molecular complexity index is 573. The second-order valence-electron chi connectivity index (χ2n) is 3.67. The number of rotatable bonds is 5. The van der Waals surface area contributed by atoms with Gasteiger partial charge < -0.3 is 0 Å². The molecule has 0 bridgehead atoms. The molecular formula is C14H14N2O4S2. The van der Waals surface area contributed by atoms with E-state index in [1.54, 1.807) is 24.3 Å². The molecule has 0 N–H and O–H groups in total. The van der Waals surface area contributed by atoms with Gasteiger partial charge in [-0.2, -0.15) is 0 Å². The summed E-state index contributed by atoms with van der Waals surface area (Å²) in [4.78, 5) is 21.9. The van der Waals surface area contributed by atoms with Gasteiger partial charge in [0, 0.05) is 34.1 Å². The lowest BCUT2D eigenvalue weighted by Crippen LogP contribution is -1.86. The van der Waals surface area contributed by atoms with Gasteiger partial charge in [-0.25, -0.2) is 0 Å². The predicted octanol–water partition coefficient (Wildman–Crippen LogP) is 5.33. The SMILES string of the molecule is CC.O=[N+]([O-])c1ccc(SSc2ccc([N+](=O)[O-])cc2)cc1. The molecule has 0 fully saturated rings. The van der Waals surface area contributed by atoms with Gasteiger partial charge in [0.2, 0.25) is 0 Å². The van der Waals surface area contributed by atoms with Crippen LogP contribution in [0.2, 0.25) is 0 Å². The average molecular weight is 338 g/mol. The van der Waals surface area contributed by atoms with Gasteiger partial charge in [-0.3, -0.25) is 20.2 Å². The lowest BCUT2D eigenvalue weighted by Gasteiger charge is -2.01. The number of hydrogen-bond donors (Lipinski definition) is 0. The molecule has 22 heavy (non-hydrogen) atoms. The third kappa shape index (κ3) is 5.38. The Kier molecular flexibility index (Phi) is 7.41. The molecule has 0 aliphatic carbocycles. The van der Waals surface area contributed by atoms with Gasteiger partial charge in [0.1, 0.15) is 0 Å². The van der Waals surface area contributed by atoms with E-state index in [4.69, 9.17) is 0 Å². The predicted molar refractivity (Wildman–Crippen MR) is 89.3 cm³/mol. The highest BCUT2D eigenvalue weighted by atomic mass is 33.1. The monoisotopic (exact) mass is 338 g/mol. The van der Waals surface area contributed by atoms with Crippen LogP contribution in [0.15, 0.2) is 58.3 Å². The van der Waals surface area contributed by atoms with Gasteiger partial charge in [-0.1, -0.05) is 35.4 Å². The maximum Gasteiger partial charge on any atom is 0.269 e. The Morgan fingerprint density at radius 3 is 1.18 bits per heavy atom. The van der Waals surface area contributed by atoms with Gasteiger partial charge in [0.15, 0.2) is 0 Å². The number of non-ortho nitro benzene ring substituents is 2. The van der Waals surface area contributed by atoms with Crippen LogP contribution in [0.1, 0.15) is 13.8 Å². The molecule has 2 aromatic carbocycles. The Hall–Kier alpha value is -2.06. The first-order chi connectivity index (χ1) is 10.6. The Labute approximate surface area is 135 Å². The number of hydrogen-bond acceptors (Lipinski definition) is 6. The topological polar surface area (TPSA) is 86.3 Å². The van der Waals surface area contributed by atoms with E-state index in [2.05, 4.69) is 0 Å². The first-order valence-corrected chi connectivity index (χ1v) is 8.54. The molecule has 2 rings (SSSR count). The van der Waals surface area contributed by atoms with Crippen molar-refractivity contribution >= 4 is 33.0 Å². The van der Waals surface area contributed by atoms with Crippen molar-refractivity contribution in [1.82, 2.24) is 0 Å². The maximum atomic E-state index is 10.5. The molecule has 0 unspecified atom stereocenters. The lowest BCUT2D eigenvalue weighted by atomic mass is 10.3. The second-order valence-corrected chi connectivity index (χ2v) is 5.94. The average Bonchev–Trinajstić information content (AvgIpc) is 2.55. The van der Waals surface area contributed by atoms with Gasteiger partial charge in [0.25, 0.3) is 11.4 Å². The molecule has 0 amide bonds. The smallest absolute Gasteiger partial charge is 0.258 e. The molecule has 0 radical (unpaired) electrons. The fraction of sp³-hybridized carbons (Fsp3) is 0.143. The molecule has 0 spiro atoms. The number of nitrogens with zero attached hydrogens (tertiary/aromatic N) is 2. The molecule has 0 heterocycles. The normalized spacial score (nSPS) is 9.55. The van der Waals surface area contributed by atoms with Crippen LogP contribution >= 0.6 is 21.6 Å². The number of nitro benzene ring substituents is 2. The summed E-state index contributed by atoms with van der Waals surface area (Å²) in [6.45, 7) is 4.00. The Morgan fingerprint density at radius 2 is 0.955 bits per heavy atom. The number of benzene rings is 2. The van der Waals surface area contributed by atoms with Crippen molar-refractivity contribution in [2.24, 2.45) is 0 Å². The zero-order valence-corrected chi connectivity index (χ0v) is 13.6. The van der Waals surface area contributed by atoms with Crippen LogP contribution in [-0.4, -0.2) is 9.85 Å². The maximum absolute atomic E-state index is 10.5. The lowest BCUT2D eigenvalue weighted by molar-refractivity contribution is -0.385. The van der Waals surface area contributed by atoms with Crippen LogP contribution < -0.4 is 0 Å². The minimum Gasteiger partial charge on any atom is -0.258 e. The quantitative estimate of drug-likeness (QED) is 0.416. The summed E-state index contributed by atoms with van der Waals surface area (Å²) >= 11 is 0. The fourth-order valence-corrected chi connectivity index (χ4v) is 3.27.